The largest absolute Gasteiger partial charge is 0.0922 e. The van der Waals surface area contributed by atoms with Gasteiger partial charge in [-0.3, -0.25) is 0 Å². The molecule has 88 valence electrons. The third-order valence-electron chi connectivity index (χ3n) is 3.64. The molecule has 0 N–H and O–H groups in total. The molecule has 1 aromatic carbocycles. The van der Waals surface area contributed by atoms with E-state index in [0.29, 0.717) is 5.41 Å². The molecule has 0 unspecified atom stereocenters. The molecule has 0 bridgehead atoms. The highest BCUT2D eigenvalue weighted by Gasteiger charge is 2.41. The highest BCUT2D eigenvalue weighted by Crippen LogP contribution is 2.49. The van der Waals surface area contributed by atoms with E-state index in [2.05, 4.69) is 61.0 Å². The lowest BCUT2D eigenvalue weighted by Gasteiger charge is -2.19. The summed E-state index contributed by atoms with van der Waals surface area (Å²) in [6, 6.07) is 9.20. The summed E-state index contributed by atoms with van der Waals surface area (Å²) in [4.78, 5) is 0. The van der Waals surface area contributed by atoms with Gasteiger partial charge in [-0.05, 0) is 41.2 Å². The number of rotatable bonds is 3. The Morgan fingerprint density at radius 1 is 1.12 bits per heavy atom. The van der Waals surface area contributed by atoms with Gasteiger partial charge in [0.15, 0.2) is 0 Å². The smallest absolute Gasteiger partial charge is 0.00911 e. The molecule has 1 fully saturated rings. The van der Waals surface area contributed by atoms with Gasteiger partial charge in [-0.25, -0.2) is 0 Å². The monoisotopic (exact) mass is 280 g/mol. The zero-order valence-electron chi connectivity index (χ0n) is 10.5. The molecule has 1 heteroatoms. The van der Waals surface area contributed by atoms with Crippen LogP contribution in [0.3, 0.4) is 0 Å². The molecular weight excluding hydrogens is 260 g/mol. The van der Waals surface area contributed by atoms with Crippen molar-refractivity contribution < 1.29 is 0 Å². The van der Waals surface area contributed by atoms with Gasteiger partial charge < -0.3 is 0 Å². The van der Waals surface area contributed by atoms with Crippen LogP contribution in [0.15, 0.2) is 24.3 Å². The van der Waals surface area contributed by atoms with Crippen LogP contribution in [0.5, 0.6) is 0 Å². The van der Waals surface area contributed by atoms with Crippen LogP contribution in [0, 0.1) is 5.41 Å². The summed E-state index contributed by atoms with van der Waals surface area (Å²) in [6.07, 6.45) is 4.02. The Bertz CT molecular complexity index is 352. The molecule has 0 spiro atoms. The van der Waals surface area contributed by atoms with Crippen molar-refractivity contribution in [3.63, 3.8) is 0 Å². The van der Waals surface area contributed by atoms with Crippen molar-refractivity contribution in [2.75, 3.05) is 5.33 Å². The van der Waals surface area contributed by atoms with E-state index in [4.69, 9.17) is 0 Å². The Balaban J connectivity index is 2.08. The Kier molecular flexibility index (Phi) is 3.18. The van der Waals surface area contributed by atoms with Crippen LogP contribution in [0.4, 0.5) is 0 Å². The predicted octanol–water partition coefficient (Wildman–Crippen LogP) is 4.70. The first-order chi connectivity index (χ1) is 7.45. The van der Waals surface area contributed by atoms with E-state index in [9.17, 15) is 0 Å². The molecule has 0 heterocycles. The minimum Gasteiger partial charge on any atom is -0.0922 e. The Morgan fingerprint density at radius 3 is 2.06 bits per heavy atom. The van der Waals surface area contributed by atoms with E-state index in [0.717, 1.165) is 5.33 Å². The number of alkyl halides is 1. The van der Waals surface area contributed by atoms with Crippen molar-refractivity contribution in [1.82, 2.24) is 0 Å². The molecule has 0 nitrogen and oxygen atoms in total. The summed E-state index contributed by atoms with van der Waals surface area (Å²) in [7, 11) is 0. The van der Waals surface area contributed by atoms with E-state index < -0.39 is 0 Å². The van der Waals surface area contributed by atoms with Crippen LogP contribution in [0.2, 0.25) is 0 Å². The van der Waals surface area contributed by atoms with E-state index >= 15 is 0 Å². The molecule has 0 amide bonds. The molecule has 0 saturated heterocycles. The van der Waals surface area contributed by atoms with Crippen LogP contribution >= 0.6 is 15.9 Å². The van der Waals surface area contributed by atoms with Crippen molar-refractivity contribution in [1.29, 1.82) is 0 Å². The zero-order chi connectivity index (χ0) is 11.8. The molecule has 1 aliphatic rings. The summed E-state index contributed by atoms with van der Waals surface area (Å²) in [5.74, 6) is 0. The molecule has 1 aliphatic carbocycles. The average molecular weight is 281 g/mol. The standard InChI is InChI=1S/C15H21Br/c1-14(2,3)13-6-4-12(5-7-13)10-15(11-16)8-9-15/h4-7H,8-11H2,1-3H3. The average Bonchev–Trinajstić information content (AvgIpc) is 2.98. The minimum atomic E-state index is 0.269. The quantitative estimate of drug-likeness (QED) is 0.704. The second kappa shape index (κ2) is 4.18. The maximum Gasteiger partial charge on any atom is 0.00911 e. The van der Waals surface area contributed by atoms with E-state index in [1.165, 1.54) is 30.4 Å². The fourth-order valence-electron chi connectivity index (χ4n) is 2.09. The maximum atomic E-state index is 3.64. The van der Waals surface area contributed by atoms with E-state index in [1.54, 1.807) is 0 Å². The Hall–Kier alpha value is -0.300. The summed E-state index contributed by atoms with van der Waals surface area (Å²) in [5.41, 5.74) is 3.78. The molecule has 0 radical (unpaired) electrons. The van der Waals surface area contributed by atoms with Gasteiger partial charge in [0.05, 0.1) is 0 Å². The number of hydrogen-bond donors (Lipinski definition) is 0. The van der Waals surface area contributed by atoms with Gasteiger partial charge in [0.25, 0.3) is 0 Å². The molecule has 1 saturated carbocycles. The summed E-state index contributed by atoms with van der Waals surface area (Å²) in [5, 5.41) is 1.15. The third kappa shape index (κ3) is 2.68. The number of benzene rings is 1. The predicted molar refractivity (Wildman–Crippen MR) is 74.3 cm³/mol. The SMILES string of the molecule is CC(C)(C)c1ccc(CC2(CBr)CC2)cc1. The van der Waals surface area contributed by atoms with E-state index in [1.807, 2.05) is 0 Å². The lowest BCUT2D eigenvalue weighted by molar-refractivity contribution is 0.579. The van der Waals surface area contributed by atoms with Gasteiger partial charge in [-0.15, -0.1) is 0 Å². The van der Waals surface area contributed by atoms with Crippen molar-refractivity contribution in [3.8, 4) is 0 Å². The first-order valence-corrected chi connectivity index (χ1v) is 7.23. The van der Waals surface area contributed by atoms with Crippen molar-refractivity contribution in [2.24, 2.45) is 5.41 Å². The molecule has 0 aliphatic heterocycles. The van der Waals surface area contributed by atoms with Crippen molar-refractivity contribution >= 4 is 15.9 Å². The summed E-state index contributed by atoms with van der Waals surface area (Å²) >= 11 is 3.64. The second-order valence-electron chi connectivity index (χ2n) is 6.26. The molecule has 16 heavy (non-hydrogen) atoms. The molecule has 0 aromatic heterocycles. The summed E-state index contributed by atoms with van der Waals surface area (Å²) < 4.78 is 0. The van der Waals surface area contributed by atoms with Crippen LogP contribution in [-0.2, 0) is 11.8 Å². The van der Waals surface area contributed by atoms with Crippen molar-refractivity contribution in [2.45, 2.75) is 45.4 Å². The minimum absolute atomic E-state index is 0.269. The molecule has 0 atom stereocenters. The molecule has 1 aromatic rings. The number of halogens is 1. The Labute approximate surface area is 108 Å². The van der Waals surface area contributed by atoms with Gasteiger partial charge in [0, 0.05) is 5.33 Å². The first kappa shape index (κ1) is 12.2. The van der Waals surface area contributed by atoms with Gasteiger partial charge >= 0.3 is 0 Å². The van der Waals surface area contributed by atoms with E-state index in [-0.39, 0.29) is 5.41 Å². The normalized spacial score (nSPS) is 18.5. The van der Waals surface area contributed by atoms with Crippen LogP contribution < -0.4 is 0 Å². The zero-order valence-corrected chi connectivity index (χ0v) is 12.1. The maximum absolute atomic E-state index is 3.64. The fraction of sp³-hybridized carbons (Fsp3) is 0.600. The van der Waals surface area contributed by atoms with Gasteiger partial charge in [0.2, 0.25) is 0 Å². The Morgan fingerprint density at radius 2 is 1.69 bits per heavy atom. The molecular formula is C15H21Br. The first-order valence-electron chi connectivity index (χ1n) is 6.11. The van der Waals surface area contributed by atoms with Crippen LogP contribution in [-0.4, -0.2) is 5.33 Å². The second-order valence-corrected chi connectivity index (χ2v) is 6.82. The topological polar surface area (TPSA) is 0 Å². The molecule has 2 rings (SSSR count). The highest BCUT2D eigenvalue weighted by atomic mass is 79.9. The fourth-order valence-corrected chi connectivity index (χ4v) is 2.85. The van der Waals surface area contributed by atoms with Gasteiger partial charge in [-0.2, -0.15) is 0 Å². The van der Waals surface area contributed by atoms with Crippen molar-refractivity contribution in [3.05, 3.63) is 35.4 Å². The summed E-state index contributed by atoms with van der Waals surface area (Å²) in [6.45, 7) is 6.80. The highest BCUT2D eigenvalue weighted by molar-refractivity contribution is 9.09. The van der Waals surface area contributed by atoms with Gasteiger partial charge in [0.1, 0.15) is 0 Å². The van der Waals surface area contributed by atoms with Crippen LogP contribution in [0.25, 0.3) is 0 Å². The number of hydrogen-bond acceptors (Lipinski definition) is 0. The third-order valence-corrected chi connectivity index (χ3v) is 4.83. The lowest BCUT2D eigenvalue weighted by Crippen LogP contribution is -2.11. The van der Waals surface area contributed by atoms with Gasteiger partial charge in [-0.1, -0.05) is 61.0 Å². The lowest BCUT2D eigenvalue weighted by atomic mass is 9.86. The van der Waals surface area contributed by atoms with Crippen LogP contribution in [0.1, 0.15) is 44.7 Å².